The van der Waals surface area contributed by atoms with Gasteiger partial charge in [0.2, 0.25) is 0 Å². The van der Waals surface area contributed by atoms with E-state index in [1.54, 1.807) is 0 Å². The van der Waals surface area contributed by atoms with E-state index in [2.05, 4.69) is 31.0 Å². The summed E-state index contributed by atoms with van der Waals surface area (Å²) in [5.74, 6) is 0. The molecule has 1 nitrogen and oxygen atoms in total. The van der Waals surface area contributed by atoms with Crippen molar-refractivity contribution in [2.45, 2.75) is 19.6 Å². The van der Waals surface area contributed by atoms with Crippen molar-refractivity contribution in [3.8, 4) is 0 Å². The molecular weight excluding hydrogens is 90.1 g/mol. The molecule has 0 N–H and O–H groups in total. The zero-order valence-corrected chi connectivity index (χ0v) is 5.65. The van der Waals surface area contributed by atoms with Gasteiger partial charge in [-0.2, -0.15) is 0 Å². The molecule has 0 saturated heterocycles. The van der Waals surface area contributed by atoms with Crippen molar-refractivity contribution in [3.63, 3.8) is 0 Å². The Labute approximate surface area is 40.2 Å². The molecule has 0 saturated carbocycles. The van der Waals surface area contributed by atoms with Crippen LogP contribution < -0.4 is 0 Å². The third kappa shape index (κ3) is 3.89. The maximum Gasteiger partial charge on any atom is 0.171 e. The molecule has 0 fully saturated rings. The van der Waals surface area contributed by atoms with Gasteiger partial charge in [-0.05, 0) is 6.72 Å². The highest BCUT2D eigenvalue weighted by molar-refractivity contribution is 6.74. The second kappa shape index (κ2) is 1.56. The average Bonchev–Trinajstić information content (AvgIpc) is 1.35. The molecule has 0 unspecified atom stereocenters. The van der Waals surface area contributed by atoms with Crippen LogP contribution in [0.15, 0.2) is 4.66 Å². The van der Waals surface area contributed by atoms with Gasteiger partial charge < -0.3 is 4.66 Å². The second-order valence-corrected chi connectivity index (χ2v) is 6.99. The number of rotatable bonds is 1. The van der Waals surface area contributed by atoms with Crippen LogP contribution in [0.1, 0.15) is 0 Å². The lowest BCUT2D eigenvalue weighted by atomic mass is 11.8. The van der Waals surface area contributed by atoms with Crippen LogP contribution in [0.4, 0.5) is 0 Å². The quantitative estimate of drug-likeness (QED) is 0.351. The van der Waals surface area contributed by atoms with E-state index in [4.69, 9.17) is 0 Å². The Balaban J connectivity index is 3.45. The minimum atomic E-state index is -1.12. The third-order valence-corrected chi connectivity index (χ3v) is 1.42. The zero-order valence-electron chi connectivity index (χ0n) is 4.65. The summed E-state index contributed by atoms with van der Waals surface area (Å²) in [6.07, 6.45) is 0. The van der Waals surface area contributed by atoms with E-state index >= 15 is 0 Å². The lowest BCUT2D eigenvalue weighted by molar-refractivity contribution is 1.59. The topological polar surface area (TPSA) is 12.4 Å². The highest BCUT2D eigenvalue weighted by Gasteiger charge is 2.06. The van der Waals surface area contributed by atoms with Crippen LogP contribution in [0.2, 0.25) is 19.6 Å². The fraction of sp³-hybridized carbons (Fsp3) is 0.750. The molecule has 0 bridgehead atoms. The number of hydrogen-bond donors (Lipinski definition) is 0. The summed E-state index contributed by atoms with van der Waals surface area (Å²) in [5.41, 5.74) is 0. The molecule has 0 aromatic heterocycles. The maximum atomic E-state index is 3.91. The lowest BCUT2D eigenvalue weighted by Crippen LogP contribution is -2.14. The van der Waals surface area contributed by atoms with Gasteiger partial charge in [0, 0.05) is 0 Å². The first kappa shape index (κ1) is 5.89. The predicted molar refractivity (Wildman–Crippen MR) is 32.9 cm³/mol. The average molecular weight is 101 g/mol. The van der Waals surface area contributed by atoms with E-state index in [0.29, 0.717) is 0 Å². The molecule has 0 atom stereocenters. The van der Waals surface area contributed by atoms with Crippen molar-refractivity contribution in [1.82, 2.24) is 0 Å². The van der Waals surface area contributed by atoms with E-state index < -0.39 is 8.24 Å². The van der Waals surface area contributed by atoms with E-state index in [1.165, 1.54) is 0 Å². The van der Waals surface area contributed by atoms with Gasteiger partial charge in [-0.3, -0.25) is 0 Å². The largest absolute Gasteiger partial charge is 0.337 e. The maximum absolute atomic E-state index is 3.91. The lowest BCUT2D eigenvalue weighted by Gasteiger charge is -2.03. The Kier molecular flexibility index (Phi) is 1.53. The standard InChI is InChI=1S/C4H11NSi/c1-5-6(2,3)4/h1H2,2-4H3. The van der Waals surface area contributed by atoms with Crippen LogP contribution in [0.25, 0.3) is 0 Å². The Morgan fingerprint density at radius 1 is 1.33 bits per heavy atom. The molecule has 6 heavy (non-hydrogen) atoms. The van der Waals surface area contributed by atoms with Crippen molar-refractivity contribution in [1.29, 1.82) is 0 Å². The fourth-order valence-electron chi connectivity index (χ4n) is 0. The van der Waals surface area contributed by atoms with Gasteiger partial charge in [0.25, 0.3) is 0 Å². The summed E-state index contributed by atoms with van der Waals surface area (Å²) < 4.78 is 3.91. The van der Waals surface area contributed by atoms with Crippen LogP contribution in [0, 0.1) is 0 Å². The molecule has 0 aromatic rings. The van der Waals surface area contributed by atoms with Gasteiger partial charge in [0.05, 0.1) is 0 Å². The van der Waals surface area contributed by atoms with Crippen LogP contribution in [-0.4, -0.2) is 15.0 Å². The molecular formula is C4H11NSi. The van der Waals surface area contributed by atoms with Gasteiger partial charge >= 0.3 is 0 Å². The summed E-state index contributed by atoms with van der Waals surface area (Å²) in [4.78, 5) is 0. The van der Waals surface area contributed by atoms with Crippen LogP contribution in [0.3, 0.4) is 0 Å². The van der Waals surface area contributed by atoms with Crippen LogP contribution in [0.5, 0.6) is 0 Å². The molecule has 0 spiro atoms. The number of hydrogen-bond acceptors (Lipinski definition) is 1. The van der Waals surface area contributed by atoms with Gasteiger partial charge in [0.15, 0.2) is 8.24 Å². The van der Waals surface area contributed by atoms with Gasteiger partial charge in [-0.15, -0.1) is 0 Å². The molecule has 0 rings (SSSR count). The second-order valence-electron chi connectivity index (χ2n) is 2.33. The molecule has 0 aliphatic heterocycles. The normalized spacial score (nSPS) is 11.2. The monoisotopic (exact) mass is 101 g/mol. The SMILES string of the molecule is C=N[Si](C)(C)C. The zero-order chi connectivity index (χ0) is 5.21. The molecule has 0 aliphatic rings. The summed E-state index contributed by atoms with van der Waals surface area (Å²) in [7, 11) is -1.12. The highest BCUT2D eigenvalue weighted by atomic mass is 28.3. The summed E-state index contributed by atoms with van der Waals surface area (Å²) in [5, 5.41) is 0. The third-order valence-electron chi connectivity index (χ3n) is 0.474. The molecule has 36 valence electrons. The highest BCUT2D eigenvalue weighted by Crippen LogP contribution is 1.97. The van der Waals surface area contributed by atoms with E-state index in [0.717, 1.165) is 0 Å². The Hall–Kier alpha value is -0.113. The van der Waals surface area contributed by atoms with Gasteiger partial charge in [-0.25, -0.2) is 0 Å². The minimum Gasteiger partial charge on any atom is -0.337 e. The van der Waals surface area contributed by atoms with E-state index in [1.807, 2.05) is 0 Å². The summed E-state index contributed by atoms with van der Waals surface area (Å²) in [6, 6.07) is 0. The Morgan fingerprint density at radius 2 is 1.50 bits per heavy atom. The van der Waals surface area contributed by atoms with Gasteiger partial charge in [0.1, 0.15) is 0 Å². The van der Waals surface area contributed by atoms with Crippen LogP contribution >= 0.6 is 0 Å². The minimum absolute atomic E-state index is 1.12. The van der Waals surface area contributed by atoms with Crippen molar-refractivity contribution in [3.05, 3.63) is 0 Å². The number of nitrogens with zero attached hydrogens (tertiary/aromatic N) is 1. The summed E-state index contributed by atoms with van der Waals surface area (Å²) >= 11 is 0. The molecule has 2 heteroatoms. The molecule has 0 aliphatic carbocycles. The Bertz CT molecular complexity index is 53.1. The first-order valence-electron chi connectivity index (χ1n) is 2.04. The molecule has 0 heterocycles. The van der Waals surface area contributed by atoms with E-state index in [-0.39, 0.29) is 0 Å². The van der Waals surface area contributed by atoms with Crippen molar-refractivity contribution in [2.75, 3.05) is 0 Å². The molecule has 0 radical (unpaired) electrons. The van der Waals surface area contributed by atoms with Crippen LogP contribution in [-0.2, 0) is 0 Å². The van der Waals surface area contributed by atoms with E-state index in [9.17, 15) is 0 Å². The summed E-state index contributed by atoms with van der Waals surface area (Å²) in [6.45, 7) is 9.90. The van der Waals surface area contributed by atoms with Crippen molar-refractivity contribution >= 4 is 15.0 Å². The van der Waals surface area contributed by atoms with Crippen molar-refractivity contribution in [2.24, 2.45) is 4.66 Å². The molecule has 0 amide bonds. The Morgan fingerprint density at radius 3 is 1.50 bits per heavy atom. The first-order chi connectivity index (χ1) is 2.56. The van der Waals surface area contributed by atoms with Gasteiger partial charge in [-0.1, -0.05) is 19.6 Å². The smallest absolute Gasteiger partial charge is 0.171 e. The fourth-order valence-corrected chi connectivity index (χ4v) is 0. The molecule has 0 aromatic carbocycles. The van der Waals surface area contributed by atoms with Crippen molar-refractivity contribution < 1.29 is 0 Å². The first-order valence-corrected chi connectivity index (χ1v) is 5.49. The predicted octanol–water partition coefficient (Wildman–Crippen LogP) is 1.52.